The fourth-order valence-electron chi connectivity index (χ4n) is 4.40. The van der Waals surface area contributed by atoms with Crippen LogP contribution >= 0.6 is 0 Å². The van der Waals surface area contributed by atoms with Crippen molar-refractivity contribution in [2.75, 3.05) is 5.32 Å². The van der Waals surface area contributed by atoms with Crippen LogP contribution in [0.25, 0.3) is 10.9 Å². The molecule has 1 atom stereocenters. The molecule has 1 aromatic heterocycles. The summed E-state index contributed by atoms with van der Waals surface area (Å²) in [6.07, 6.45) is 6.42. The van der Waals surface area contributed by atoms with E-state index >= 15 is 0 Å². The highest BCUT2D eigenvalue weighted by Crippen LogP contribution is 2.40. The van der Waals surface area contributed by atoms with Crippen molar-refractivity contribution in [2.24, 2.45) is 11.8 Å². The topological polar surface area (TPSA) is 42.0 Å². The fraction of sp³-hybridized carbons (Fsp3) is 0.333. The van der Waals surface area contributed by atoms with Gasteiger partial charge in [0.25, 0.3) is 0 Å². The summed E-state index contributed by atoms with van der Waals surface area (Å²) in [7, 11) is 0. The normalized spacial score (nSPS) is 20.9. The molecule has 1 fully saturated rings. The number of anilines is 1. The van der Waals surface area contributed by atoms with Crippen LogP contribution in [-0.4, -0.2) is 10.9 Å². The number of carbonyl (C=O) groups is 1. The van der Waals surface area contributed by atoms with Crippen molar-refractivity contribution in [1.29, 1.82) is 0 Å². The highest BCUT2D eigenvalue weighted by atomic mass is 16.1. The number of hydrogen-bond acceptors (Lipinski definition) is 2. The van der Waals surface area contributed by atoms with E-state index in [4.69, 9.17) is 0 Å². The lowest BCUT2D eigenvalue weighted by Crippen LogP contribution is -2.29. The predicted molar refractivity (Wildman–Crippen MR) is 111 cm³/mol. The van der Waals surface area contributed by atoms with Crippen molar-refractivity contribution in [3.05, 3.63) is 72.4 Å². The Labute approximate surface area is 160 Å². The van der Waals surface area contributed by atoms with Crippen molar-refractivity contribution < 1.29 is 4.79 Å². The Morgan fingerprint density at radius 1 is 0.963 bits per heavy atom. The lowest BCUT2D eigenvalue weighted by atomic mass is 9.73. The average molecular weight is 358 g/mol. The SMILES string of the molecule is CC(C(=O)Nc1ccccc1)C1CCC(c2ccnc3ccccc23)CC1. The molecule has 1 amide bonds. The largest absolute Gasteiger partial charge is 0.326 e. The van der Waals surface area contributed by atoms with Crippen LogP contribution in [0.4, 0.5) is 5.69 Å². The zero-order valence-electron chi connectivity index (χ0n) is 15.8. The second-order valence-electron chi connectivity index (χ2n) is 7.67. The molecule has 0 aliphatic heterocycles. The smallest absolute Gasteiger partial charge is 0.227 e. The number of amides is 1. The lowest BCUT2D eigenvalue weighted by Gasteiger charge is -2.32. The second-order valence-corrected chi connectivity index (χ2v) is 7.67. The first-order chi connectivity index (χ1) is 13.2. The van der Waals surface area contributed by atoms with Gasteiger partial charge < -0.3 is 5.32 Å². The minimum atomic E-state index is 0.0420. The number of benzene rings is 2. The third kappa shape index (κ3) is 3.87. The van der Waals surface area contributed by atoms with Gasteiger partial charge in [0.05, 0.1) is 5.52 Å². The number of hydrogen-bond donors (Lipinski definition) is 1. The molecule has 2 aromatic carbocycles. The molecule has 3 nitrogen and oxygen atoms in total. The van der Waals surface area contributed by atoms with Crippen molar-refractivity contribution in [1.82, 2.24) is 4.98 Å². The maximum atomic E-state index is 12.6. The van der Waals surface area contributed by atoms with Gasteiger partial charge in [0.1, 0.15) is 0 Å². The highest BCUT2D eigenvalue weighted by molar-refractivity contribution is 5.92. The van der Waals surface area contributed by atoms with Crippen LogP contribution in [-0.2, 0) is 4.79 Å². The van der Waals surface area contributed by atoms with Crippen LogP contribution in [0.1, 0.15) is 44.1 Å². The first kappa shape index (κ1) is 17.7. The molecule has 3 aromatic rings. The first-order valence-corrected chi connectivity index (χ1v) is 9.92. The first-order valence-electron chi connectivity index (χ1n) is 9.92. The van der Waals surface area contributed by atoms with Gasteiger partial charge in [-0.15, -0.1) is 0 Å². The summed E-state index contributed by atoms with van der Waals surface area (Å²) < 4.78 is 0. The Bertz CT molecular complexity index is 909. The number of aromatic nitrogens is 1. The molecule has 4 rings (SSSR count). The maximum absolute atomic E-state index is 12.6. The zero-order valence-corrected chi connectivity index (χ0v) is 15.8. The summed E-state index contributed by atoms with van der Waals surface area (Å²) in [6.45, 7) is 2.07. The van der Waals surface area contributed by atoms with E-state index in [9.17, 15) is 4.79 Å². The van der Waals surface area contributed by atoms with Gasteiger partial charge in [-0.05, 0) is 67.3 Å². The number of pyridine rings is 1. The predicted octanol–water partition coefficient (Wildman–Crippen LogP) is 5.78. The molecule has 27 heavy (non-hydrogen) atoms. The molecular weight excluding hydrogens is 332 g/mol. The lowest BCUT2D eigenvalue weighted by molar-refractivity contribution is -0.121. The van der Waals surface area contributed by atoms with Gasteiger partial charge in [0, 0.05) is 23.2 Å². The van der Waals surface area contributed by atoms with Crippen molar-refractivity contribution in [3.63, 3.8) is 0 Å². The van der Waals surface area contributed by atoms with E-state index in [2.05, 4.69) is 41.5 Å². The van der Waals surface area contributed by atoms with Gasteiger partial charge in [-0.25, -0.2) is 0 Å². The van der Waals surface area contributed by atoms with Crippen LogP contribution < -0.4 is 5.32 Å². The Balaban J connectivity index is 1.40. The minimum absolute atomic E-state index is 0.0420. The summed E-state index contributed by atoms with van der Waals surface area (Å²) in [5.41, 5.74) is 3.37. The molecule has 1 heterocycles. The van der Waals surface area contributed by atoms with Crippen molar-refractivity contribution in [2.45, 2.75) is 38.5 Å². The molecule has 1 aliphatic carbocycles. The van der Waals surface area contributed by atoms with E-state index in [1.54, 1.807) is 0 Å². The molecule has 0 saturated heterocycles. The molecule has 3 heteroatoms. The molecular formula is C24H26N2O. The standard InChI is InChI=1S/C24H26N2O/c1-17(24(27)26-20-7-3-2-4-8-20)18-11-13-19(14-12-18)21-15-16-25-23-10-6-5-9-22(21)23/h2-10,15-19H,11-14H2,1H3,(H,26,27). The molecule has 138 valence electrons. The summed E-state index contributed by atoms with van der Waals surface area (Å²) >= 11 is 0. The molecule has 1 saturated carbocycles. The third-order valence-electron chi connectivity index (χ3n) is 6.06. The number of rotatable bonds is 4. The Morgan fingerprint density at radius 2 is 1.67 bits per heavy atom. The van der Waals surface area contributed by atoms with Gasteiger partial charge in [0.15, 0.2) is 0 Å². The van der Waals surface area contributed by atoms with Crippen LogP contribution in [0.2, 0.25) is 0 Å². The summed E-state index contributed by atoms with van der Waals surface area (Å²) in [5, 5.41) is 4.34. The van der Waals surface area contributed by atoms with E-state index in [1.807, 2.05) is 42.6 Å². The van der Waals surface area contributed by atoms with Gasteiger partial charge in [-0.3, -0.25) is 9.78 Å². The van der Waals surface area contributed by atoms with Crippen LogP contribution in [0.3, 0.4) is 0 Å². The van der Waals surface area contributed by atoms with Crippen molar-refractivity contribution >= 4 is 22.5 Å². The van der Waals surface area contributed by atoms with Gasteiger partial charge in [-0.2, -0.15) is 0 Å². The number of nitrogens with zero attached hydrogens (tertiary/aromatic N) is 1. The molecule has 1 N–H and O–H groups in total. The highest BCUT2D eigenvalue weighted by Gasteiger charge is 2.30. The molecule has 0 radical (unpaired) electrons. The van der Waals surface area contributed by atoms with E-state index in [1.165, 1.54) is 10.9 Å². The quantitative estimate of drug-likeness (QED) is 0.642. The minimum Gasteiger partial charge on any atom is -0.326 e. The van der Waals surface area contributed by atoms with Gasteiger partial charge >= 0.3 is 0 Å². The molecule has 1 aliphatic rings. The number of nitrogens with one attached hydrogen (secondary N) is 1. The summed E-state index contributed by atoms with van der Waals surface area (Å²) in [6, 6.07) is 20.3. The van der Waals surface area contributed by atoms with Gasteiger partial charge in [0.2, 0.25) is 5.91 Å². The molecule has 0 spiro atoms. The molecule has 0 bridgehead atoms. The Hall–Kier alpha value is -2.68. The Kier molecular flexibility index (Phi) is 5.19. The fourth-order valence-corrected chi connectivity index (χ4v) is 4.40. The summed E-state index contributed by atoms with van der Waals surface area (Å²) in [5.74, 6) is 1.20. The Morgan fingerprint density at radius 3 is 2.44 bits per heavy atom. The number of carbonyl (C=O) groups excluding carboxylic acids is 1. The van der Waals surface area contributed by atoms with Crippen LogP contribution in [0.15, 0.2) is 66.9 Å². The average Bonchev–Trinajstić information content (AvgIpc) is 2.73. The number of fused-ring (bicyclic) bond motifs is 1. The number of para-hydroxylation sites is 2. The van der Waals surface area contributed by atoms with Crippen molar-refractivity contribution in [3.8, 4) is 0 Å². The summed E-state index contributed by atoms with van der Waals surface area (Å²) in [4.78, 5) is 17.1. The monoisotopic (exact) mass is 358 g/mol. The van der Waals surface area contributed by atoms with Crippen LogP contribution in [0.5, 0.6) is 0 Å². The van der Waals surface area contributed by atoms with Crippen LogP contribution in [0, 0.1) is 11.8 Å². The molecule has 1 unspecified atom stereocenters. The second kappa shape index (κ2) is 7.91. The van der Waals surface area contributed by atoms with E-state index < -0.39 is 0 Å². The third-order valence-corrected chi connectivity index (χ3v) is 6.06. The zero-order chi connectivity index (χ0) is 18.6. The van der Waals surface area contributed by atoms with E-state index in [-0.39, 0.29) is 11.8 Å². The van der Waals surface area contributed by atoms with E-state index in [0.717, 1.165) is 36.9 Å². The van der Waals surface area contributed by atoms with Gasteiger partial charge in [-0.1, -0.05) is 43.3 Å². The van der Waals surface area contributed by atoms with E-state index in [0.29, 0.717) is 11.8 Å². The maximum Gasteiger partial charge on any atom is 0.227 e.